The zero-order valence-electron chi connectivity index (χ0n) is 11.3. The van der Waals surface area contributed by atoms with E-state index < -0.39 is 5.60 Å². The van der Waals surface area contributed by atoms with Gasteiger partial charge < -0.3 is 10.4 Å². The maximum absolute atomic E-state index is 9.98. The topological polar surface area (TPSA) is 32.3 Å². The number of hydrogen-bond acceptors (Lipinski definition) is 3. The molecule has 2 unspecified atom stereocenters. The van der Waals surface area contributed by atoms with E-state index in [4.69, 9.17) is 0 Å². The van der Waals surface area contributed by atoms with Crippen LogP contribution in [0.3, 0.4) is 0 Å². The van der Waals surface area contributed by atoms with Crippen LogP contribution in [0.4, 0.5) is 0 Å². The van der Waals surface area contributed by atoms with Crippen LogP contribution in [-0.2, 0) is 0 Å². The molecule has 0 fully saturated rings. The van der Waals surface area contributed by atoms with Crippen LogP contribution in [0.25, 0.3) is 0 Å². The van der Waals surface area contributed by atoms with Gasteiger partial charge >= 0.3 is 0 Å². The van der Waals surface area contributed by atoms with Crippen molar-refractivity contribution >= 4 is 11.8 Å². The first kappa shape index (κ1) is 16.0. The number of hydrogen-bond donors (Lipinski definition) is 2. The van der Waals surface area contributed by atoms with E-state index in [9.17, 15) is 5.11 Å². The normalized spacial score (nSPS) is 16.6. The van der Waals surface area contributed by atoms with E-state index in [0.717, 1.165) is 18.6 Å². The van der Waals surface area contributed by atoms with Gasteiger partial charge in [-0.3, -0.25) is 0 Å². The van der Waals surface area contributed by atoms with E-state index in [1.807, 2.05) is 13.2 Å². The number of aliphatic hydroxyl groups is 1. The molecule has 2 nitrogen and oxygen atoms in total. The Labute approximate surface area is 105 Å². The molecule has 0 saturated carbocycles. The van der Waals surface area contributed by atoms with E-state index in [1.54, 1.807) is 11.8 Å². The summed E-state index contributed by atoms with van der Waals surface area (Å²) in [5.74, 6) is 0.778. The highest BCUT2D eigenvalue weighted by Gasteiger charge is 2.19. The maximum atomic E-state index is 9.98. The molecule has 0 rings (SSSR count). The Bertz CT molecular complexity index is 210. The largest absolute Gasteiger partial charge is 0.388 e. The molecule has 0 bridgehead atoms. The molecule has 0 aromatic carbocycles. The van der Waals surface area contributed by atoms with Crippen molar-refractivity contribution in [2.24, 2.45) is 0 Å². The molecule has 0 amide bonds. The van der Waals surface area contributed by atoms with Crippen molar-refractivity contribution in [3.05, 3.63) is 11.6 Å². The van der Waals surface area contributed by atoms with Crippen molar-refractivity contribution in [1.29, 1.82) is 0 Å². The van der Waals surface area contributed by atoms with Crippen LogP contribution < -0.4 is 5.32 Å². The fourth-order valence-corrected chi connectivity index (χ4v) is 2.20. The number of nitrogens with one attached hydrogen (secondary N) is 1. The first-order chi connectivity index (χ1) is 7.37. The Morgan fingerprint density at radius 2 is 2.12 bits per heavy atom. The van der Waals surface area contributed by atoms with Crippen LogP contribution in [0.15, 0.2) is 11.6 Å². The van der Waals surface area contributed by atoms with Gasteiger partial charge in [-0.05, 0) is 46.8 Å². The summed E-state index contributed by atoms with van der Waals surface area (Å²) in [6, 6.07) is 0.462. The van der Waals surface area contributed by atoms with Gasteiger partial charge in [0.15, 0.2) is 0 Å². The lowest BCUT2D eigenvalue weighted by Gasteiger charge is -2.25. The van der Waals surface area contributed by atoms with Gasteiger partial charge in [0.25, 0.3) is 0 Å². The molecule has 2 atom stereocenters. The minimum Gasteiger partial charge on any atom is -0.388 e. The minimum absolute atomic E-state index is 0.462. The summed E-state index contributed by atoms with van der Waals surface area (Å²) in [4.78, 5) is 0. The van der Waals surface area contributed by atoms with Crippen molar-refractivity contribution in [2.45, 2.75) is 52.2 Å². The third-order valence-electron chi connectivity index (χ3n) is 2.44. The fraction of sp³-hybridized carbons (Fsp3) is 0.846. The summed E-state index contributed by atoms with van der Waals surface area (Å²) in [6.07, 6.45) is 6.52. The Morgan fingerprint density at radius 1 is 1.50 bits per heavy atom. The zero-order chi connectivity index (χ0) is 12.6. The van der Waals surface area contributed by atoms with Gasteiger partial charge in [0.05, 0.1) is 5.60 Å². The average Bonchev–Trinajstić information content (AvgIpc) is 2.14. The second-order valence-corrected chi connectivity index (χ2v) is 5.94. The van der Waals surface area contributed by atoms with Crippen molar-refractivity contribution in [3.63, 3.8) is 0 Å². The monoisotopic (exact) mass is 245 g/mol. The lowest BCUT2D eigenvalue weighted by atomic mass is 10.1. The predicted octanol–water partition coefficient (Wildman–Crippen LogP) is 2.82. The second kappa shape index (κ2) is 8.15. The maximum Gasteiger partial charge on any atom is 0.0833 e. The molecule has 0 aromatic heterocycles. The molecule has 0 spiro atoms. The molecule has 96 valence electrons. The highest BCUT2D eigenvalue weighted by atomic mass is 32.2. The first-order valence-electron chi connectivity index (χ1n) is 5.95. The summed E-state index contributed by atoms with van der Waals surface area (Å²) < 4.78 is 0. The quantitative estimate of drug-likeness (QED) is 0.645. The Morgan fingerprint density at radius 3 is 2.62 bits per heavy atom. The molecule has 2 N–H and O–H groups in total. The molecular formula is C13H27NOS. The molecule has 0 aliphatic heterocycles. The predicted molar refractivity (Wildman–Crippen MR) is 75.1 cm³/mol. The Balaban J connectivity index is 3.72. The van der Waals surface area contributed by atoms with Gasteiger partial charge in [-0.25, -0.2) is 0 Å². The number of rotatable bonds is 8. The standard InChI is InChI=1S/C13H27NOS/c1-11(2)7-6-8-12(3)14-9-13(4,15)10-16-5/h7,12,14-15H,6,8-10H2,1-5H3. The average molecular weight is 245 g/mol. The van der Waals surface area contributed by atoms with Gasteiger partial charge in [-0.15, -0.1) is 0 Å². The highest BCUT2D eigenvalue weighted by Crippen LogP contribution is 2.10. The molecule has 16 heavy (non-hydrogen) atoms. The lowest BCUT2D eigenvalue weighted by molar-refractivity contribution is 0.0817. The van der Waals surface area contributed by atoms with Crippen molar-refractivity contribution in [1.82, 2.24) is 5.32 Å². The Kier molecular flexibility index (Phi) is 8.16. The molecule has 0 heterocycles. The van der Waals surface area contributed by atoms with Crippen LogP contribution in [0.1, 0.15) is 40.5 Å². The zero-order valence-corrected chi connectivity index (χ0v) is 12.2. The van der Waals surface area contributed by atoms with Crippen LogP contribution in [0.2, 0.25) is 0 Å². The van der Waals surface area contributed by atoms with Crippen LogP contribution in [-0.4, -0.2) is 35.3 Å². The smallest absolute Gasteiger partial charge is 0.0833 e. The summed E-state index contributed by atoms with van der Waals surface area (Å²) in [5, 5.41) is 13.4. The summed E-state index contributed by atoms with van der Waals surface area (Å²) >= 11 is 1.68. The molecule has 0 aromatic rings. The van der Waals surface area contributed by atoms with Gasteiger partial charge in [0.2, 0.25) is 0 Å². The van der Waals surface area contributed by atoms with E-state index in [0.29, 0.717) is 12.6 Å². The lowest BCUT2D eigenvalue weighted by Crippen LogP contribution is -2.43. The van der Waals surface area contributed by atoms with E-state index >= 15 is 0 Å². The summed E-state index contributed by atoms with van der Waals surface area (Å²) in [5.41, 5.74) is 0.783. The van der Waals surface area contributed by atoms with Gasteiger partial charge in [-0.2, -0.15) is 11.8 Å². The molecule has 0 saturated heterocycles. The molecule has 0 aliphatic rings. The number of thioether (sulfide) groups is 1. The third kappa shape index (κ3) is 9.25. The van der Waals surface area contributed by atoms with Gasteiger partial charge in [0.1, 0.15) is 0 Å². The minimum atomic E-state index is -0.593. The molecule has 0 radical (unpaired) electrons. The summed E-state index contributed by atoms with van der Waals surface area (Å²) in [6.45, 7) is 8.99. The van der Waals surface area contributed by atoms with E-state index in [2.05, 4.69) is 32.2 Å². The van der Waals surface area contributed by atoms with E-state index in [-0.39, 0.29) is 0 Å². The highest BCUT2D eigenvalue weighted by molar-refractivity contribution is 7.98. The van der Waals surface area contributed by atoms with Crippen molar-refractivity contribution in [3.8, 4) is 0 Å². The Hall–Kier alpha value is 0.0100. The SMILES string of the molecule is CSCC(C)(O)CNC(C)CCC=C(C)C. The van der Waals surface area contributed by atoms with Crippen LogP contribution in [0, 0.1) is 0 Å². The van der Waals surface area contributed by atoms with Crippen molar-refractivity contribution < 1.29 is 5.11 Å². The fourth-order valence-electron chi connectivity index (χ4n) is 1.48. The van der Waals surface area contributed by atoms with Gasteiger partial charge in [0, 0.05) is 18.3 Å². The van der Waals surface area contributed by atoms with E-state index in [1.165, 1.54) is 5.57 Å². The first-order valence-corrected chi connectivity index (χ1v) is 7.35. The molecule has 3 heteroatoms. The third-order valence-corrected chi connectivity index (χ3v) is 3.35. The van der Waals surface area contributed by atoms with Crippen LogP contribution >= 0.6 is 11.8 Å². The number of allylic oxidation sites excluding steroid dienone is 2. The molecule has 0 aliphatic carbocycles. The second-order valence-electron chi connectivity index (χ2n) is 5.07. The van der Waals surface area contributed by atoms with Crippen LogP contribution in [0.5, 0.6) is 0 Å². The summed E-state index contributed by atoms with van der Waals surface area (Å²) in [7, 11) is 0. The molecular weight excluding hydrogens is 218 g/mol. The van der Waals surface area contributed by atoms with Gasteiger partial charge in [-0.1, -0.05) is 11.6 Å². The van der Waals surface area contributed by atoms with Crippen molar-refractivity contribution in [2.75, 3.05) is 18.6 Å².